The minimum atomic E-state index is -3.56. The number of hydrogen-bond acceptors (Lipinski definition) is 4. The van der Waals surface area contributed by atoms with Crippen LogP contribution >= 0.6 is 11.3 Å². The molecule has 0 bridgehead atoms. The van der Waals surface area contributed by atoms with Gasteiger partial charge in [0.15, 0.2) is 0 Å². The first kappa shape index (κ1) is 14.1. The van der Waals surface area contributed by atoms with Gasteiger partial charge in [-0.2, -0.15) is 0 Å². The molecule has 1 aromatic rings. The van der Waals surface area contributed by atoms with Crippen molar-refractivity contribution in [3.63, 3.8) is 0 Å². The van der Waals surface area contributed by atoms with E-state index >= 15 is 0 Å². The van der Waals surface area contributed by atoms with Crippen molar-refractivity contribution in [2.75, 3.05) is 6.54 Å². The van der Waals surface area contributed by atoms with E-state index in [1.54, 1.807) is 0 Å². The van der Waals surface area contributed by atoms with E-state index in [1.165, 1.54) is 11.4 Å². The van der Waals surface area contributed by atoms with Gasteiger partial charge in [-0.15, -0.1) is 11.3 Å². The molecular formula is C10H15NO4S2. The van der Waals surface area contributed by atoms with Crippen LogP contribution in [0.25, 0.3) is 0 Å². The number of aromatic carboxylic acids is 1. The van der Waals surface area contributed by atoms with Crippen molar-refractivity contribution in [2.45, 2.75) is 31.1 Å². The Labute approximate surface area is 105 Å². The summed E-state index contributed by atoms with van der Waals surface area (Å²) < 4.78 is 25.9. The van der Waals surface area contributed by atoms with Gasteiger partial charge >= 0.3 is 5.97 Å². The van der Waals surface area contributed by atoms with Crippen molar-refractivity contribution in [3.8, 4) is 0 Å². The van der Waals surface area contributed by atoms with E-state index in [-0.39, 0.29) is 9.77 Å². The minimum absolute atomic E-state index is 0.0244. The van der Waals surface area contributed by atoms with Gasteiger partial charge in [0.1, 0.15) is 4.88 Å². The molecule has 1 aromatic heterocycles. The van der Waals surface area contributed by atoms with Gasteiger partial charge in [-0.3, -0.25) is 0 Å². The van der Waals surface area contributed by atoms with Gasteiger partial charge in [0.2, 0.25) is 10.0 Å². The highest BCUT2D eigenvalue weighted by Gasteiger charge is 2.17. The van der Waals surface area contributed by atoms with Gasteiger partial charge in [-0.1, -0.05) is 19.8 Å². The smallest absolute Gasteiger partial charge is 0.345 e. The highest BCUT2D eigenvalue weighted by Crippen LogP contribution is 2.19. The molecule has 0 saturated heterocycles. The predicted molar refractivity (Wildman–Crippen MR) is 66.0 cm³/mol. The van der Waals surface area contributed by atoms with Crippen LogP contribution < -0.4 is 4.72 Å². The highest BCUT2D eigenvalue weighted by molar-refractivity contribution is 7.89. The van der Waals surface area contributed by atoms with E-state index in [4.69, 9.17) is 5.11 Å². The number of carbonyl (C=O) groups is 1. The molecule has 0 unspecified atom stereocenters. The Bertz CT molecular complexity index is 478. The molecule has 17 heavy (non-hydrogen) atoms. The SMILES string of the molecule is CCCCCNS(=O)(=O)c1csc(C(=O)O)c1. The average Bonchev–Trinajstić information content (AvgIpc) is 2.74. The summed E-state index contributed by atoms with van der Waals surface area (Å²) in [5.74, 6) is -1.11. The van der Waals surface area contributed by atoms with Crippen LogP contribution in [0.5, 0.6) is 0 Å². The summed E-state index contributed by atoms with van der Waals surface area (Å²) in [5.41, 5.74) is 0. The van der Waals surface area contributed by atoms with Crippen LogP contribution in [0.4, 0.5) is 0 Å². The third-order valence-corrected chi connectivity index (χ3v) is 4.68. The van der Waals surface area contributed by atoms with Gasteiger partial charge in [0, 0.05) is 11.9 Å². The molecule has 0 aliphatic rings. The highest BCUT2D eigenvalue weighted by atomic mass is 32.2. The molecule has 1 heterocycles. The molecule has 0 spiro atoms. The Hall–Kier alpha value is -0.920. The van der Waals surface area contributed by atoms with Crippen LogP contribution in [-0.4, -0.2) is 26.0 Å². The maximum atomic E-state index is 11.7. The zero-order valence-corrected chi connectivity index (χ0v) is 11.1. The van der Waals surface area contributed by atoms with Crippen LogP contribution in [0, 0.1) is 0 Å². The van der Waals surface area contributed by atoms with Crippen molar-refractivity contribution in [1.82, 2.24) is 4.72 Å². The molecule has 0 amide bonds. The number of rotatable bonds is 7. The second-order valence-corrected chi connectivity index (χ2v) is 6.23. The molecule has 2 N–H and O–H groups in total. The molecule has 5 nitrogen and oxygen atoms in total. The normalized spacial score (nSPS) is 11.6. The molecule has 0 saturated carbocycles. The van der Waals surface area contributed by atoms with E-state index in [2.05, 4.69) is 4.72 Å². The molecule has 0 atom stereocenters. The Kier molecular flexibility index (Phi) is 5.10. The Morgan fingerprint density at radius 3 is 2.71 bits per heavy atom. The Morgan fingerprint density at radius 2 is 2.18 bits per heavy atom. The number of thiophene rings is 1. The van der Waals surface area contributed by atoms with Crippen molar-refractivity contribution >= 4 is 27.3 Å². The molecule has 0 fully saturated rings. The number of carboxylic acids is 1. The van der Waals surface area contributed by atoms with Gasteiger partial charge < -0.3 is 5.11 Å². The van der Waals surface area contributed by atoms with Gasteiger partial charge in [-0.25, -0.2) is 17.9 Å². The van der Waals surface area contributed by atoms with Gasteiger partial charge in [0.25, 0.3) is 0 Å². The Morgan fingerprint density at radius 1 is 1.47 bits per heavy atom. The molecule has 1 rings (SSSR count). The second kappa shape index (κ2) is 6.13. The molecule has 0 aliphatic heterocycles. The molecule has 0 aromatic carbocycles. The van der Waals surface area contributed by atoms with Crippen molar-refractivity contribution < 1.29 is 18.3 Å². The lowest BCUT2D eigenvalue weighted by atomic mass is 10.3. The topological polar surface area (TPSA) is 83.5 Å². The maximum Gasteiger partial charge on any atom is 0.345 e. The largest absolute Gasteiger partial charge is 0.477 e. The van der Waals surface area contributed by atoms with E-state index in [0.29, 0.717) is 6.54 Å². The quantitative estimate of drug-likeness (QED) is 0.746. The number of unbranched alkanes of at least 4 members (excludes halogenated alkanes) is 2. The fraction of sp³-hybridized carbons (Fsp3) is 0.500. The summed E-state index contributed by atoms with van der Waals surface area (Å²) in [6, 6.07) is 1.18. The van der Waals surface area contributed by atoms with Crippen LogP contribution in [-0.2, 0) is 10.0 Å². The lowest BCUT2D eigenvalue weighted by Crippen LogP contribution is -2.24. The number of hydrogen-bond donors (Lipinski definition) is 2. The van der Waals surface area contributed by atoms with Gasteiger partial charge in [-0.05, 0) is 12.5 Å². The fourth-order valence-corrected chi connectivity index (χ4v) is 3.42. The first-order valence-electron chi connectivity index (χ1n) is 5.29. The van der Waals surface area contributed by atoms with Crippen LogP contribution in [0.3, 0.4) is 0 Å². The molecule has 96 valence electrons. The number of nitrogens with one attached hydrogen (secondary N) is 1. The molecule has 7 heteroatoms. The standard InChI is InChI=1S/C10H15NO4S2/c1-2-3-4-5-11-17(14,15)8-6-9(10(12)13)16-7-8/h6-7,11H,2-5H2,1H3,(H,12,13). The van der Waals surface area contributed by atoms with Crippen LogP contribution in [0.15, 0.2) is 16.3 Å². The molecule has 0 radical (unpaired) electrons. The minimum Gasteiger partial charge on any atom is -0.477 e. The van der Waals surface area contributed by atoms with Gasteiger partial charge in [0.05, 0.1) is 4.90 Å². The second-order valence-electron chi connectivity index (χ2n) is 3.56. The lowest BCUT2D eigenvalue weighted by Gasteiger charge is -2.03. The Balaban J connectivity index is 2.66. The van der Waals surface area contributed by atoms with E-state index in [0.717, 1.165) is 30.6 Å². The van der Waals surface area contributed by atoms with E-state index in [9.17, 15) is 13.2 Å². The third kappa shape index (κ3) is 4.10. The zero-order chi connectivity index (χ0) is 12.9. The average molecular weight is 277 g/mol. The summed E-state index contributed by atoms with van der Waals surface area (Å²) in [6.07, 6.45) is 2.77. The number of carboxylic acid groups (broad SMARTS) is 1. The predicted octanol–water partition coefficient (Wildman–Crippen LogP) is 1.91. The first-order valence-corrected chi connectivity index (χ1v) is 7.65. The maximum absolute atomic E-state index is 11.7. The summed E-state index contributed by atoms with van der Waals surface area (Å²) in [4.78, 5) is 10.7. The summed E-state index contributed by atoms with van der Waals surface area (Å²) in [5, 5.41) is 10.0. The van der Waals surface area contributed by atoms with Crippen molar-refractivity contribution in [3.05, 3.63) is 16.3 Å². The monoisotopic (exact) mass is 277 g/mol. The van der Waals surface area contributed by atoms with Crippen LogP contribution in [0.2, 0.25) is 0 Å². The van der Waals surface area contributed by atoms with Crippen molar-refractivity contribution in [2.24, 2.45) is 0 Å². The van der Waals surface area contributed by atoms with E-state index in [1.807, 2.05) is 6.92 Å². The number of sulfonamides is 1. The van der Waals surface area contributed by atoms with Crippen molar-refractivity contribution in [1.29, 1.82) is 0 Å². The van der Waals surface area contributed by atoms with E-state index < -0.39 is 16.0 Å². The first-order chi connectivity index (χ1) is 7.97. The third-order valence-electron chi connectivity index (χ3n) is 2.17. The molecular weight excluding hydrogens is 262 g/mol. The summed E-state index contributed by atoms with van der Waals surface area (Å²) in [6.45, 7) is 2.42. The lowest BCUT2D eigenvalue weighted by molar-refractivity contribution is 0.0702. The summed E-state index contributed by atoms with van der Waals surface area (Å²) >= 11 is 0.910. The zero-order valence-electron chi connectivity index (χ0n) is 9.47. The summed E-state index contributed by atoms with van der Waals surface area (Å²) in [7, 11) is -3.56. The van der Waals surface area contributed by atoms with Crippen LogP contribution in [0.1, 0.15) is 35.9 Å². The molecule has 0 aliphatic carbocycles. The fourth-order valence-electron chi connectivity index (χ4n) is 1.24.